The monoisotopic (exact) mass is 934 g/mol. The number of aliphatic hydroxyl groups is 2. The predicted octanol–water partition coefficient (Wildman–Crippen LogP) is 8.42. The van der Waals surface area contributed by atoms with Crippen LogP contribution in [0.2, 0.25) is 0 Å². The average molecular weight is 935 g/mol. The van der Waals surface area contributed by atoms with E-state index in [4.69, 9.17) is 9.47 Å². The van der Waals surface area contributed by atoms with Crippen LogP contribution < -0.4 is 5.32 Å². The van der Waals surface area contributed by atoms with Gasteiger partial charge in [-0.05, 0) is 99.4 Å². The number of hydrogen-bond acceptors (Lipinski definition) is 11. The molecule has 0 aromatic heterocycles. The summed E-state index contributed by atoms with van der Waals surface area (Å²) in [7, 11) is 0. The van der Waals surface area contributed by atoms with Gasteiger partial charge in [0.1, 0.15) is 12.8 Å². The lowest BCUT2D eigenvalue weighted by molar-refractivity contribution is -0.235. The summed E-state index contributed by atoms with van der Waals surface area (Å²) in [6.07, 6.45) is 3.87. The van der Waals surface area contributed by atoms with Crippen molar-refractivity contribution in [2.45, 2.75) is 155 Å². The van der Waals surface area contributed by atoms with Crippen molar-refractivity contribution in [3.8, 4) is 0 Å². The molecular weight excluding hydrogens is 875 g/mol. The van der Waals surface area contributed by atoms with E-state index in [1.54, 1.807) is 24.8 Å². The van der Waals surface area contributed by atoms with E-state index in [0.29, 0.717) is 48.7 Å². The molecule has 3 amide bonds. The molecular formula is C50H60F2N2O9S2. The first-order chi connectivity index (χ1) is 31.0. The van der Waals surface area contributed by atoms with E-state index >= 15 is 8.78 Å². The van der Waals surface area contributed by atoms with Gasteiger partial charge in [-0.1, -0.05) is 76.1 Å². The number of Topliss-reactive ketones (excluding diaryl/α,β-unsaturated/α-hetero) is 1. The van der Waals surface area contributed by atoms with E-state index in [9.17, 15) is 34.2 Å². The number of fused-ring (bicyclic) bond motifs is 7. The maximum absolute atomic E-state index is 17.8. The van der Waals surface area contributed by atoms with Gasteiger partial charge in [-0.25, -0.2) is 8.78 Å². The van der Waals surface area contributed by atoms with Gasteiger partial charge in [0.15, 0.2) is 29.1 Å². The van der Waals surface area contributed by atoms with Crippen LogP contribution in [0.4, 0.5) is 14.5 Å². The fraction of sp³-hybridized carbons (Fsp3) is 0.580. The molecule has 2 unspecified atom stereocenters. The van der Waals surface area contributed by atoms with E-state index in [0.717, 1.165) is 35.1 Å². The van der Waals surface area contributed by atoms with Gasteiger partial charge in [0, 0.05) is 62.4 Å². The van der Waals surface area contributed by atoms with Crippen molar-refractivity contribution in [2.75, 3.05) is 18.5 Å². The highest BCUT2D eigenvalue weighted by molar-refractivity contribution is 8.01. The Morgan fingerprint density at radius 2 is 1.77 bits per heavy atom. The third-order valence-corrected chi connectivity index (χ3v) is 17.6. The van der Waals surface area contributed by atoms with E-state index < -0.39 is 76.8 Å². The van der Waals surface area contributed by atoms with Gasteiger partial charge in [0.05, 0.1) is 17.5 Å². The van der Waals surface area contributed by atoms with Crippen molar-refractivity contribution in [1.29, 1.82) is 0 Å². The first-order valence-corrected chi connectivity index (χ1v) is 24.9. The van der Waals surface area contributed by atoms with Crippen LogP contribution in [0.1, 0.15) is 110 Å². The Morgan fingerprint density at radius 1 is 1.02 bits per heavy atom. The molecule has 15 heteroatoms. The van der Waals surface area contributed by atoms with Crippen molar-refractivity contribution >= 4 is 58.5 Å². The highest BCUT2D eigenvalue weighted by Crippen LogP contribution is 2.72. The molecule has 12 atom stereocenters. The number of imide groups is 1. The van der Waals surface area contributed by atoms with Crippen LogP contribution in [0.15, 0.2) is 82.1 Å². The Kier molecular flexibility index (Phi) is 13.8. The van der Waals surface area contributed by atoms with Crippen molar-refractivity contribution < 1.29 is 52.4 Å². The number of nitrogens with zero attached hydrogens (tertiary/aromatic N) is 1. The first kappa shape index (κ1) is 47.8. The molecule has 2 aromatic rings. The highest BCUT2D eigenvalue weighted by atomic mass is 32.2. The third kappa shape index (κ3) is 8.38. The number of likely N-dealkylation sites (tertiary alicyclic amines) is 1. The molecule has 2 saturated heterocycles. The predicted molar refractivity (Wildman–Crippen MR) is 243 cm³/mol. The first-order valence-electron chi connectivity index (χ1n) is 23.1. The summed E-state index contributed by atoms with van der Waals surface area (Å²) in [5.74, 6) is -3.13. The van der Waals surface area contributed by atoms with Crippen LogP contribution in [0.5, 0.6) is 0 Å². The number of benzene rings is 2. The number of carbonyl (C=O) groups excluding carboxylic acids is 5. The van der Waals surface area contributed by atoms with Crippen molar-refractivity contribution in [2.24, 2.45) is 22.7 Å². The van der Waals surface area contributed by atoms with Crippen LogP contribution in [0.25, 0.3) is 0 Å². The number of alkyl halides is 2. The summed E-state index contributed by atoms with van der Waals surface area (Å²) in [5, 5.41) is 25.2. The van der Waals surface area contributed by atoms with Crippen molar-refractivity contribution in [3.05, 3.63) is 77.9 Å². The SMILES string of the molecule is CCCCC(C)SC1CC(=O)N(CCCCCC(=O)Nc2cccc(Sc3cccc([C@@H]4O[C@@H]5C[C@H]6[C@@H]7C[C@H](F)C8=CC(=O)C=C[C@]8(C)[C@@]7(F)[C@@H](O)C[C@]6(C)[C@]5(C(=O)CO)O4)c3)c2)C1=O. The molecule has 350 valence electrons. The van der Waals surface area contributed by atoms with Crippen LogP contribution >= 0.6 is 23.5 Å². The number of unbranched alkanes of at least 4 members (excludes halogenated alkanes) is 3. The number of rotatable bonds is 17. The molecule has 0 spiro atoms. The highest BCUT2D eigenvalue weighted by Gasteiger charge is 2.80. The van der Waals surface area contributed by atoms with E-state index in [1.165, 1.54) is 35.7 Å². The Labute approximate surface area is 387 Å². The lowest BCUT2D eigenvalue weighted by atomic mass is 9.44. The van der Waals surface area contributed by atoms with Crippen LogP contribution in [-0.2, 0) is 33.4 Å². The Morgan fingerprint density at radius 3 is 2.52 bits per heavy atom. The zero-order valence-electron chi connectivity index (χ0n) is 37.4. The summed E-state index contributed by atoms with van der Waals surface area (Å²) >= 11 is 3.05. The molecule has 4 aliphatic carbocycles. The summed E-state index contributed by atoms with van der Waals surface area (Å²) in [6.45, 7) is 7.03. The Bertz CT molecular complexity index is 2280. The second kappa shape index (κ2) is 18.7. The number of aliphatic hydroxyl groups excluding tert-OH is 2. The van der Waals surface area contributed by atoms with Crippen LogP contribution in [0, 0.1) is 22.7 Å². The van der Waals surface area contributed by atoms with Gasteiger partial charge in [-0.2, -0.15) is 0 Å². The zero-order valence-corrected chi connectivity index (χ0v) is 39.1. The summed E-state index contributed by atoms with van der Waals surface area (Å²) in [4.78, 5) is 67.7. The molecule has 2 heterocycles. The zero-order chi connectivity index (χ0) is 46.5. The minimum atomic E-state index is -2.34. The number of halogens is 2. The van der Waals surface area contributed by atoms with Gasteiger partial charge >= 0.3 is 0 Å². The lowest BCUT2D eigenvalue weighted by Crippen LogP contribution is -2.70. The molecule has 8 rings (SSSR count). The number of amides is 3. The van der Waals surface area contributed by atoms with Crippen molar-refractivity contribution in [1.82, 2.24) is 4.90 Å². The summed E-state index contributed by atoms with van der Waals surface area (Å²) in [6, 6.07) is 14.8. The van der Waals surface area contributed by atoms with E-state index in [-0.39, 0.29) is 54.2 Å². The minimum absolute atomic E-state index is 0.0131. The minimum Gasteiger partial charge on any atom is -0.390 e. The molecule has 6 aliphatic rings. The van der Waals surface area contributed by atoms with Gasteiger partial charge in [-0.3, -0.25) is 28.9 Å². The van der Waals surface area contributed by atoms with Crippen LogP contribution in [-0.4, -0.2) is 97.7 Å². The molecule has 3 saturated carbocycles. The van der Waals surface area contributed by atoms with Gasteiger partial charge in [0.2, 0.25) is 17.7 Å². The fourth-order valence-corrected chi connectivity index (χ4v) is 14.3. The molecule has 11 nitrogen and oxygen atoms in total. The molecule has 2 aliphatic heterocycles. The number of thioether (sulfide) groups is 1. The Balaban J connectivity index is 0.877. The molecule has 3 N–H and O–H groups in total. The number of carbonyl (C=O) groups is 5. The van der Waals surface area contributed by atoms with Crippen LogP contribution in [0.3, 0.4) is 0 Å². The number of allylic oxidation sites excluding steroid dienone is 4. The number of ketones is 2. The molecule has 65 heavy (non-hydrogen) atoms. The number of hydrogen-bond donors (Lipinski definition) is 3. The molecule has 5 fully saturated rings. The number of anilines is 1. The topological polar surface area (TPSA) is 160 Å². The van der Waals surface area contributed by atoms with Gasteiger partial charge < -0.3 is 25.0 Å². The smallest absolute Gasteiger partial charge is 0.242 e. The van der Waals surface area contributed by atoms with Crippen molar-refractivity contribution in [3.63, 3.8) is 0 Å². The number of nitrogens with one attached hydrogen (secondary N) is 1. The third-order valence-electron chi connectivity index (χ3n) is 15.3. The van der Waals surface area contributed by atoms with Gasteiger partial charge in [-0.15, -0.1) is 11.8 Å². The standard InChI is InChI=1S/C50H60F2N2O9S2/c1-5-6-12-29(2)64-39-26-44(60)54(45(39)61)20-9-7-8-17-43(59)53-31-14-11-16-34(22-31)65-33-15-10-13-30(21-33)46-62-42-25-35-36-24-38(51)37-23-32(56)18-19-47(37,3)49(36,52)40(57)27-48(35,4)50(42,63-46)41(58)28-55/h10-11,13-16,18-19,21-23,29,35-36,38-40,42,46,55,57H,5-9,12,17,20,24-28H2,1-4H3,(H,53,59)/t29?,35-,36-,38-,39?,40-,42+,46+,47-,48-,49-,50+/m0/s1. The normalized spacial score (nSPS) is 35.3. The Hall–Kier alpha value is -3.73. The fourth-order valence-electron chi connectivity index (χ4n) is 12.0. The summed E-state index contributed by atoms with van der Waals surface area (Å²) in [5.41, 5.74) is -5.67. The van der Waals surface area contributed by atoms with E-state index in [1.807, 2.05) is 42.5 Å². The summed E-state index contributed by atoms with van der Waals surface area (Å²) < 4.78 is 47.0. The van der Waals surface area contributed by atoms with Gasteiger partial charge in [0.25, 0.3) is 0 Å². The lowest BCUT2D eigenvalue weighted by Gasteiger charge is -2.63. The van der Waals surface area contributed by atoms with E-state index in [2.05, 4.69) is 19.2 Å². The molecule has 0 bridgehead atoms. The second-order valence-electron chi connectivity index (χ2n) is 19.2. The second-order valence-corrected chi connectivity index (χ2v) is 22.0. The largest absolute Gasteiger partial charge is 0.390 e. The maximum Gasteiger partial charge on any atom is 0.242 e. The maximum atomic E-state index is 17.8. The number of ether oxygens (including phenoxy) is 2. The average Bonchev–Trinajstić information content (AvgIpc) is 3.87. The molecule has 0 radical (unpaired) electrons. The molecule has 2 aromatic carbocycles. The quantitative estimate of drug-likeness (QED) is 0.103.